The van der Waals surface area contributed by atoms with Crippen molar-refractivity contribution in [2.75, 3.05) is 0 Å². The average Bonchev–Trinajstić information content (AvgIpc) is 2.90. The zero-order valence-corrected chi connectivity index (χ0v) is 13.3. The summed E-state index contributed by atoms with van der Waals surface area (Å²) in [5.74, 6) is 0.848. The molecule has 0 fully saturated rings. The molecule has 21 heavy (non-hydrogen) atoms. The second kappa shape index (κ2) is 5.34. The number of hydrogen-bond acceptors (Lipinski definition) is 3. The van der Waals surface area contributed by atoms with Crippen molar-refractivity contribution in [3.05, 3.63) is 52.0 Å². The third-order valence-electron chi connectivity index (χ3n) is 3.36. The van der Waals surface area contributed by atoms with Gasteiger partial charge in [0.2, 0.25) is 5.89 Å². The molecule has 0 aliphatic heterocycles. The summed E-state index contributed by atoms with van der Waals surface area (Å²) in [6, 6.07) is 13.6. The van der Waals surface area contributed by atoms with Gasteiger partial charge in [-0.15, -0.1) is 0 Å². The maximum absolute atomic E-state index is 9.14. The molecule has 0 N–H and O–H groups in total. The van der Waals surface area contributed by atoms with E-state index in [1.807, 2.05) is 30.3 Å². The van der Waals surface area contributed by atoms with Crippen LogP contribution in [0.15, 0.2) is 45.3 Å². The predicted octanol–water partition coefficient (Wildman–Crippen LogP) is 5.25. The molecule has 3 rings (SSSR count). The van der Waals surface area contributed by atoms with Crippen molar-refractivity contribution in [3.63, 3.8) is 0 Å². The van der Waals surface area contributed by atoms with Crippen LogP contribution in [0.5, 0.6) is 0 Å². The Morgan fingerprint density at radius 2 is 1.90 bits per heavy atom. The summed E-state index contributed by atoms with van der Waals surface area (Å²) in [6.07, 6.45) is 0. The zero-order valence-electron chi connectivity index (χ0n) is 11.7. The van der Waals surface area contributed by atoms with Crippen LogP contribution in [-0.4, -0.2) is 4.98 Å². The standard InChI is InChI=1S/C17H13BrN2O/c1-10(2)14-7-11(9-19)8-15-16(14)21-17(20-15)12-3-5-13(18)6-4-12/h3-8,10H,1-2H3. The third-order valence-corrected chi connectivity index (χ3v) is 3.89. The molecule has 1 aromatic heterocycles. The van der Waals surface area contributed by atoms with Gasteiger partial charge in [0, 0.05) is 15.6 Å². The number of hydrogen-bond donors (Lipinski definition) is 0. The molecule has 0 radical (unpaired) electrons. The van der Waals surface area contributed by atoms with E-state index in [9.17, 15) is 0 Å². The first-order chi connectivity index (χ1) is 10.1. The number of halogens is 1. The van der Waals surface area contributed by atoms with E-state index in [0.29, 0.717) is 11.5 Å². The number of rotatable bonds is 2. The van der Waals surface area contributed by atoms with E-state index < -0.39 is 0 Å². The Bertz CT molecular complexity index is 842. The summed E-state index contributed by atoms with van der Waals surface area (Å²) >= 11 is 3.42. The lowest BCUT2D eigenvalue weighted by Crippen LogP contribution is -1.89. The smallest absolute Gasteiger partial charge is 0.227 e. The molecule has 0 saturated carbocycles. The molecule has 0 bridgehead atoms. The van der Waals surface area contributed by atoms with E-state index in [4.69, 9.17) is 9.68 Å². The van der Waals surface area contributed by atoms with Crippen molar-refractivity contribution in [1.29, 1.82) is 5.26 Å². The fourth-order valence-electron chi connectivity index (χ4n) is 2.27. The van der Waals surface area contributed by atoms with Crippen LogP contribution in [0.25, 0.3) is 22.6 Å². The van der Waals surface area contributed by atoms with Crippen molar-refractivity contribution in [3.8, 4) is 17.5 Å². The highest BCUT2D eigenvalue weighted by Crippen LogP contribution is 2.31. The van der Waals surface area contributed by atoms with Crippen molar-refractivity contribution in [2.45, 2.75) is 19.8 Å². The molecule has 0 unspecified atom stereocenters. The highest BCUT2D eigenvalue weighted by atomic mass is 79.9. The van der Waals surface area contributed by atoms with Gasteiger partial charge in [0.25, 0.3) is 0 Å². The van der Waals surface area contributed by atoms with E-state index in [1.54, 1.807) is 6.07 Å². The second-order valence-corrected chi connectivity index (χ2v) is 6.12. The molecular formula is C17H13BrN2O. The third kappa shape index (κ3) is 2.57. The van der Waals surface area contributed by atoms with Crippen LogP contribution in [0.2, 0.25) is 0 Å². The molecule has 3 nitrogen and oxygen atoms in total. The molecular weight excluding hydrogens is 328 g/mol. The molecule has 0 spiro atoms. The van der Waals surface area contributed by atoms with Crippen molar-refractivity contribution >= 4 is 27.0 Å². The van der Waals surface area contributed by atoms with E-state index in [1.165, 1.54) is 0 Å². The van der Waals surface area contributed by atoms with Gasteiger partial charge in [0.15, 0.2) is 5.58 Å². The van der Waals surface area contributed by atoms with Crippen LogP contribution >= 0.6 is 15.9 Å². The number of fused-ring (bicyclic) bond motifs is 1. The lowest BCUT2D eigenvalue weighted by molar-refractivity contribution is 0.611. The van der Waals surface area contributed by atoms with Gasteiger partial charge < -0.3 is 4.42 Å². The fraction of sp³-hybridized carbons (Fsp3) is 0.176. The topological polar surface area (TPSA) is 49.8 Å². The van der Waals surface area contributed by atoms with Gasteiger partial charge in [-0.3, -0.25) is 0 Å². The molecule has 1 heterocycles. The summed E-state index contributed by atoms with van der Waals surface area (Å²) in [7, 11) is 0. The van der Waals surface area contributed by atoms with Gasteiger partial charge >= 0.3 is 0 Å². The summed E-state index contributed by atoms with van der Waals surface area (Å²) in [4.78, 5) is 4.53. The Morgan fingerprint density at radius 3 is 2.52 bits per heavy atom. The largest absolute Gasteiger partial charge is 0.436 e. The van der Waals surface area contributed by atoms with Crippen molar-refractivity contribution in [2.24, 2.45) is 0 Å². The number of nitrogens with zero attached hydrogens (tertiary/aromatic N) is 2. The molecule has 0 saturated heterocycles. The van der Waals surface area contributed by atoms with Gasteiger partial charge in [-0.2, -0.15) is 5.26 Å². The SMILES string of the molecule is CC(C)c1cc(C#N)cc2nc(-c3ccc(Br)cc3)oc12. The Hall–Kier alpha value is -2.12. The van der Waals surface area contributed by atoms with Crippen LogP contribution in [0.3, 0.4) is 0 Å². The van der Waals surface area contributed by atoms with Crippen LogP contribution in [0, 0.1) is 11.3 Å². The average molecular weight is 341 g/mol. The van der Waals surface area contributed by atoms with Crippen molar-refractivity contribution in [1.82, 2.24) is 4.98 Å². The monoisotopic (exact) mass is 340 g/mol. The minimum absolute atomic E-state index is 0.270. The molecule has 2 aromatic carbocycles. The summed E-state index contributed by atoms with van der Waals surface area (Å²) in [5.41, 5.74) is 4.04. The lowest BCUT2D eigenvalue weighted by atomic mass is 10.00. The highest BCUT2D eigenvalue weighted by Gasteiger charge is 2.15. The molecule has 3 aromatic rings. The van der Waals surface area contributed by atoms with Gasteiger partial charge in [-0.1, -0.05) is 29.8 Å². The normalized spacial score (nSPS) is 11.0. The number of benzene rings is 2. The number of aromatic nitrogens is 1. The Morgan fingerprint density at radius 1 is 1.19 bits per heavy atom. The second-order valence-electron chi connectivity index (χ2n) is 5.21. The summed E-state index contributed by atoms with van der Waals surface area (Å²) < 4.78 is 6.96. The van der Waals surface area contributed by atoms with Gasteiger partial charge in [0.05, 0.1) is 11.6 Å². The zero-order chi connectivity index (χ0) is 15.0. The van der Waals surface area contributed by atoms with Crippen molar-refractivity contribution < 1.29 is 4.42 Å². The van der Waals surface area contributed by atoms with E-state index in [2.05, 4.69) is 40.8 Å². The first-order valence-electron chi connectivity index (χ1n) is 6.69. The highest BCUT2D eigenvalue weighted by molar-refractivity contribution is 9.10. The minimum atomic E-state index is 0.270. The van der Waals surface area contributed by atoms with Crippen LogP contribution in [0.1, 0.15) is 30.9 Å². The summed E-state index contributed by atoms with van der Waals surface area (Å²) in [6.45, 7) is 4.16. The predicted molar refractivity (Wildman–Crippen MR) is 85.9 cm³/mol. The quantitative estimate of drug-likeness (QED) is 0.639. The van der Waals surface area contributed by atoms with Gasteiger partial charge in [-0.25, -0.2) is 4.98 Å². The number of nitriles is 1. The van der Waals surface area contributed by atoms with E-state index >= 15 is 0 Å². The Balaban J connectivity index is 2.22. The first-order valence-corrected chi connectivity index (χ1v) is 7.48. The Labute approximate surface area is 131 Å². The van der Waals surface area contributed by atoms with Gasteiger partial charge in [-0.05, 0) is 42.3 Å². The molecule has 0 aliphatic carbocycles. The molecule has 104 valence electrons. The Kier molecular flexibility index (Phi) is 3.52. The maximum Gasteiger partial charge on any atom is 0.227 e. The summed E-state index contributed by atoms with van der Waals surface area (Å²) in [5, 5.41) is 9.14. The van der Waals surface area contributed by atoms with Crippen LogP contribution in [-0.2, 0) is 0 Å². The van der Waals surface area contributed by atoms with E-state index in [0.717, 1.165) is 26.7 Å². The number of oxazole rings is 1. The maximum atomic E-state index is 9.14. The van der Waals surface area contributed by atoms with Gasteiger partial charge in [0.1, 0.15) is 5.52 Å². The van der Waals surface area contributed by atoms with Crippen LogP contribution < -0.4 is 0 Å². The van der Waals surface area contributed by atoms with E-state index in [-0.39, 0.29) is 5.92 Å². The van der Waals surface area contributed by atoms with Crippen LogP contribution in [0.4, 0.5) is 0 Å². The molecule has 4 heteroatoms. The molecule has 0 amide bonds. The lowest BCUT2D eigenvalue weighted by Gasteiger charge is -2.05. The first kappa shape index (κ1) is 13.8. The fourth-order valence-corrected chi connectivity index (χ4v) is 2.53. The molecule has 0 atom stereocenters. The minimum Gasteiger partial charge on any atom is -0.436 e. The molecule has 0 aliphatic rings.